The number of carboxylic acid groups (broad SMARTS) is 1. The van der Waals surface area contributed by atoms with Crippen molar-refractivity contribution in [3.8, 4) is 0 Å². The molecule has 0 atom stereocenters. The molecular weight excluding hydrogens is 267 g/mol. The number of amides is 2. The number of rotatable bonds is 7. The van der Waals surface area contributed by atoms with Gasteiger partial charge in [-0.2, -0.15) is 0 Å². The molecule has 108 valence electrons. The largest absolute Gasteiger partial charge is 0.481 e. The van der Waals surface area contributed by atoms with Gasteiger partial charge in [-0.05, 0) is 17.7 Å². The lowest BCUT2D eigenvalue weighted by atomic mass is 10.2. The van der Waals surface area contributed by atoms with Gasteiger partial charge in [-0.25, -0.2) is 9.18 Å². The van der Waals surface area contributed by atoms with Gasteiger partial charge in [-0.1, -0.05) is 12.1 Å². The van der Waals surface area contributed by atoms with E-state index in [4.69, 9.17) is 5.11 Å². The van der Waals surface area contributed by atoms with E-state index in [2.05, 4.69) is 10.6 Å². The number of aliphatic carboxylic acids is 1. The number of Topliss-reactive ketones (excluding diaryl/α,β-unsaturated/α-hetero) is 1. The molecule has 0 saturated heterocycles. The monoisotopic (exact) mass is 282 g/mol. The smallest absolute Gasteiger partial charge is 0.315 e. The predicted octanol–water partition coefficient (Wildman–Crippen LogP) is 1.06. The average Bonchev–Trinajstić information content (AvgIpc) is 2.42. The van der Waals surface area contributed by atoms with Gasteiger partial charge in [0, 0.05) is 13.0 Å². The third kappa shape index (κ3) is 6.48. The van der Waals surface area contributed by atoms with Crippen molar-refractivity contribution in [2.75, 3.05) is 6.54 Å². The molecule has 0 aliphatic rings. The summed E-state index contributed by atoms with van der Waals surface area (Å²) in [6.45, 7) is -0.0159. The van der Waals surface area contributed by atoms with Crippen LogP contribution < -0.4 is 10.6 Å². The highest BCUT2D eigenvalue weighted by Crippen LogP contribution is 2.01. The van der Waals surface area contributed by atoms with Gasteiger partial charge < -0.3 is 15.7 Å². The van der Waals surface area contributed by atoms with Gasteiger partial charge in [0.25, 0.3) is 0 Å². The Balaban J connectivity index is 2.21. The summed E-state index contributed by atoms with van der Waals surface area (Å²) in [7, 11) is 0. The summed E-state index contributed by atoms with van der Waals surface area (Å²) in [5.74, 6) is -1.77. The Hall–Kier alpha value is -2.44. The van der Waals surface area contributed by atoms with Crippen LogP contribution in [0.5, 0.6) is 0 Å². The number of hydrogen-bond acceptors (Lipinski definition) is 3. The summed E-state index contributed by atoms with van der Waals surface area (Å²) >= 11 is 0. The maximum Gasteiger partial charge on any atom is 0.315 e. The van der Waals surface area contributed by atoms with Crippen molar-refractivity contribution < 1.29 is 23.9 Å². The molecule has 0 unspecified atom stereocenters. The predicted molar refractivity (Wildman–Crippen MR) is 68.5 cm³/mol. The second kappa shape index (κ2) is 7.88. The van der Waals surface area contributed by atoms with Crippen LogP contribution in [0.4, 0.5) is 9.18 Å². The molecule has 0 aliphatic heterocycles. The van der Waals surface area contributed by atoms with Gasteiger partial charge in [0.05, 0.1) is 13.0 Å². The maximum absolute atomic E-state index is 12.6. The van der Waals surface area contributed by atoms with Crippen LogP contribution in [-0.4, -0.2) is 29.4 Å². The third-order valence-electron chi connectivity index (χ3n) is 2.43. The highest BCUT2D eigenvalue weighted by Gasteiger charge is 2.07. The van der Waals surface area contributed by atoms with E-state index in [1.54, 1.807) is 0 Å². The molecule has 0 bridgehead atoms. The Morgan fingerprint density at radius 3 is 2.30 bits per heavy atom. The molecule has 0 fully saturated rings. The van der Waals surface area contributed by atoms with Crippen LogP contribution >= 0.6 is 0 Å². The molecule has 7 heteroatoms. The number of carbonyl (C=O) groups is 3. The van der Waals surface area contributed by atoms with Gasteiger partial charge in [0.15, 0.2) is 5.78 Å². The lowest BCUT2D eigenvalue weighted by Gasteiger charge is -2.07. The number of carbonyl (C=O) groups excluding carboxylic acids is 2. The standard InChI is InChI=1S/C13H15FN2O4/c14-10-3-1-9(2-4-10)7-15-13(20)16-8-11(17)5-6-12(18)19/h1-4H,5-8H2,(H,18,19)(H2,15,16,20). The lowest BCUT2D eigenvalue weighted by molar-refractivity contribution is -0.138. The van der Waals surface area contributed by atoms with E-state index >= 15 is 0 Å². The van der Waals surface area contributed by atoms with Crippen LogP contribution in [0.15, 0.2) is 24.3 Å². The summed E-state index contributed by atoms with van der Waals surface area (Å²) in [5, 5.41) is 13.2. The summed E-state index contributed by atoms with van der Waals surface area (Å²) in [6.07, 6.45) is -0.370. The fraction of sp³-hybridized carbons (Fsp3) is 0.308. The quantitative estimate of drug-likeness (QED) is 0.696. The Kier molecular flexibility index (Phi) is 6.15. The third-order valence-corrected chi connectivity index (χ3v) is 2.43. The van der Waals surface area contributed by atoms with Crippen molar-refractivity contribution in [3.05, 3.63) is 35.6 Å². The van der Waals surface area contributed by atoms with Crippen molar-refractivity contribution in [3.63, 3.8) is 0 Å². The number of urea groups is 1. The maximum atomic E-state index is 12.6. The van der Waals surface area contributed by atoms with Gasteiger partial charge in [0.1, 0.15) is 5.82 Å². The molecule has 0 spiro atoms. The Labute approximate surface area is 115 Å². The van der Waals surface area contributed by atoms with E-state index in [0.29, 0.717) is 0 Å². The second-order valence-corrected chi connectivity index (χ2v) is 4.10. The van der Waals surface area contributed by atoms with Crippen LogP contribution in [0, 0.1) is 5.82 Å². The molecule has 20 heavy (non-hydrogen) atoms. The summed E-state index contributed by atoms with van der Waals surface area (Å²) in [6, 6.07) is 5.09. The van der Waals surface area contributed by atoms with E-state index in [1.165, 1.54) is 24.3 Å². The number of benzene rings is 1. The molecule has 0 saturated carbocycles. The van der Waals surface area contributed by atoms with Crippen molar-refractivity contribution in [2.24, 2.45) is 0 Å². The summed E-state index contributed by atoms with van der Waals surface area (Å²) in [4.78, 5) is 32.8. The molecule has 0 aliphatic carbocycles. The molecule has 2 amide bonds. The topological polar surface area (TPSA) is 95.5 Å². The van der Waals surface area contributed by atoms with Gasteiger partial charge in [-0.15, -0.1) is 0 Å². The molecular formula is C13H15FN2O4. The molecule has 1 rings (SSSR count). The van der Waals surface area contributed by atoms with Crippen LogP contribution in [0.1, 0.15) is 18.4 Å². The number of carboxylic acids is 1. The lowest BCUT2D eigenvalue weighted by Crippen LogP contribution is -2.38. The van der Waals surface area contributed by atoms with Gasteiger partial charge >= 0.3 is 12.0 Å². The van der Waals surface area contributed by atoms with Crippen LogP contribution in [0.2, 0.25) is 0 Å². The van der Waals surface area contributed by atoms with Crippen molar-refractivity contribution in [1.29, 1.82) is 0 Å². The average molecular weight is 282 g/mol. The second-order valence-electron chi connectivity index (χ2n) is 4.10. The zero-order valence-corrected chi connectivity index (χ0v) is 10.7. The SMILES string of the molecule is O=C(O)CCC(=O)CNC(=O)NCc1ccc(F)cc1. The van der Waals surface area contributed by atoms with Gasteiger partial charge in [-0.3, -0.25) is 9.59 Å². The normalized spacial score (nSPS) is 9.85. The van der Waals surface area contributed by atoms with Crippen LogP contribution in [0.3, 0.4) is 0 Å². The minimum atomic E-state index is -1.06. The van der Waals surface area contributed by atoms with E-state index in [9.17, 15) is 18.8 Å². The summed E-state index contributed by atoms with van der Waals surface area (Å²) in [5.41, 5.74) is 0.721. The fourth-order valence-electron chi connectivity index (χ4n) is 1.36. The Morgan fingerprint density at radius 2 is 1.70 bits per heavy atom. The Bertz CT molecular complexity index is 488. The van der Waals surface area contributed by atoms with Crippen LogP contribution in [-0.2, 0) is 16.1 Å². The van der Waals surface area contributed by atoms with Crippen LogP contribution in [0.25, 0.3) is 0 Å². The zero-order chi connectivity index (χ0) is 15.0. The van der Waals surface area contributed by atoms with E-state index in [-0.39, 0.29) is 37.5 Å². The summed E-state index contributed by atoms with van der Waals surface area (Å²) < 4.78 is 12.6. The molecule has 0 heterocycles. The van der Waals surface area contributed by atoms with E-state index in [0.717, 1.165) is 5.56 Å². The first-order valence-corrected chi connectivity index (χ1v) is 5.97. The number of nitrogens with one attached hydrogen (secondary N) is 2. The zero-order valence-electron chi connectivity index (χ0n) is 10.7. The highest BCUT2D eigenvalue weighted by atomic mass is 19.1. The number of halogens is 1. The van der Waals surface area contributed by atoms with Crippen molar-refractivity contribution in [2.45, 2.75) is 19.4 Å². The minimum absolute atomic E-state index is 0.117. The first-order chi connectivity index (χ1) is 9.47. The molecule has 1 aromatic carbocycles. The highest BCUT2D eigenvalue weighted by molar-refractivity contribution is 5.87. The molecule has 1 aromatic rings. The van der Waals surface area contributed by atoms with E-state index < -0.39 is 12.0 Å². The van der Waals surface area contributed by atoms with E-state index in [1.807, 2.05) is 0 Å². The Morgan fingerprint density at radius 1 is 1.05 bits per heavy atom. The molecule has 6 nitrogen and oxygen atoms in total. The fourth-order valence-corrected chi connectivity index (χ4v) is 1.36. The minimum Gasteiger partial charge on any atom is -0.481 e. The molecule has 0 aromatic heterocycles. The molecule has 0 radical (unpaired) electrons. The molecule has 3 N–H and O–H groups in total. The first-order valence-electron chi connectivity index (χ1n) is 5.97. The number of hydrogen-bond donors (Lipinski definition) is 3. The number of ketones is 1. The van der Waals surface area contributed by atoms with Crippen molar-refractivity contribution in [1.82, 2.24) is 10.6 Å². The first kappa shape index (κ1) is 15.6. The van der Waals surface area contributed by atoms with Crippen molar-refractivity contribution >= 4 is 17.8 Å². The van der Waals surface area contributed by atoms with Gasteiger partial charge in [0.2, 0.25) is 0 Å².